The van der Waals surface area contributed by atoms with E-state index in [1.54, 1.807) is 4.90 Å². The molecule has 2 fully saturated rings. The summed E-state index contributed by atoms with van der Waals surface area (Å²) in [7, 11) is 0. The van der Waals surface area contributed by atoms with Crippen LogP contribution in [0.15, 0.2) is 30.3 Å². The smallest absolute Gasteiger partial charge is 0.250 e. The third-order valence-electron chi connectivity index (χ3n) is 4.73. The maximum Gasteiger partial charge on any atom is 0.250 e. The van der Waals surface area contributed by atoms with Gasteiger partial charge in [-0.3, -0.25) is 9.59 Å². The number of nitrogens with one attached hydrogen (secondary N) is 1. The normalized spacial score (nSPS) is 27.0. The first-order valence-electron chi connectivity index (χ1n) is 7.82. The van der Waals surface area contributed by atoms with Crippen LogP contribution < -0.4 is 5.32 Å². The van der Waals surface area contributed by atoms with Crippen LogP contribution in [-0.2, 0) is 9.59 Å². The van der Waals surface area contributed by atoms with Crippen molar-refractivity contribution in [3.63, 3.8) is 0 Å². The molecule has 4 heteroatoms. The van der Waals surface area contributed by atoms with Crippen LogP contribution in [-0.4, -0.2) is 29.3 Å². The molecular weight excluding hydrogens is 264 g/mol. The molecule has 0 spiro atoms. The lowest BCUT2D eigenvalue weighted by molar-refractivity contribution is -0.149. The van der Waals surface area contributed by atoms with Gasteiger partial charge < -0.3 is 10.2 Å². The molecule has 0 radical (unpaired) electrons. The minimum absolute atomic E-state index is 0.0280. The van der Waals surface area contributed by atoms with Crippen LogP contribution in [0.25, 0.3) is 0 Å². The van der Waals surface area contributed by atoms with Gasteiger partial charge in [-0.05, 0) is 31.2 Å². The quantitative estimate of drug-likeness (QED) is 0.926. The van der Waals surface area contributed by atoms with Gasteiger partial charge in [-0.25, -0.2) is 0 Å². The van der Waals surface area contributed by atoms with Crippen LogP contribution in [0.4, 0.5) is 0 Å². The van der Waals surface area contributed by atoms with E-state index in [2.05, 4.69) is 5.32 Å². The minimum Gasteiger partial charge on any atom is -0.339 e. The molecule has 1 aromatic carbocycles. The Kier molecular flexibility index (Phi) is 3.95. The summed E-state index contributed by atoms with van der Waals surface area (Å²) in [6.07, 6.45) is 4.84. The van der Waals surface area contributed by atoms with Gasteiger partial charge >= 0.3 is 0 Å². The zero-order valence-corrected chi connectivity index (χ0v) is 12.4. The molecule has 2 atom stereocenters. The van der Waals surface area contributed by atoms with E-state index in [1.807, 2.05) is 37.3 Å². The van der Waals surface area contributed by atoms with Gasteiger partial charge in [-0.1, -0.05) is 43.2 Å². The van der Waals surface area contributed by atoms with Crippen molar-refractivity contribution in [1.29, 1.82) is 0 Å². The number of hydrogen-bond donors (Lipinski definition) is 1. The molecule has 3 rings (SSSR count). The second-order valence-electron chi connectivity index (χ2n) is 6.17. The number of benzene rings is 1. The van der Waals surface area contributed by atoms with Gasteiger partial charge in [0.15, 0.2) is 0 Å². The SMILES string of the molecule is CC1C(=O)NC(c2ccccc2)C(=O)N1CC1CCCC1. The standard InChI is InChI=1S/C17H22N2O2/c1-12-16(20)18-15(14-9-3-2-4-10-14)17(21)19(12)11-13-7-5-6-8-13/h2-4,9-10,12-13,15H,5-8,11H2,1H3,(H,18,20). The van der Waals surface area contributed by atoms with Crippen molar-refractivity contribution in [2.45, 2.75) is 44.7 Å². The maximum absolute atomic E-state index is 12.8. The Morgan fingerprint density at radius 2 is 1.81 bits per heavy atom. The van der Waals surface area contributed by atoms with Crippen LogP contribution in [0, 0.1) is 5.92 Å². The van der Waals surface area contributed by atoms with Crippen molar-refractivity contribution < 1.29 is 9.59 Å². The van der Waals surface area contributed by atoms with Gasteiger partial charge in [0.05, 0.1) is 0 Å². The van der Waals surface area contributed by atoms with Crippen LogP contribution in [0.3, 0.4) is 0 Å². The molecule has 1 aliphatic heterocycles. The molecule has 1 saturated carbocycles. The lowest BCUT2D eigenvalue weighted by Crippen LogP contribution is -2.59. The molecule has 1 aliphatic carbocycles. The summed E-state index contributed by atoms with van der Waals surface area (Å²) < 4.78 is 0. The van der Waals surface area contributed by atoms with E-state index in [0.717, 1.165) is 12.1 Å². The van der Waals surface area contributed by atoms with Crippen molar-refractivity contribution >= 4 is 11.8 Å². The van der Waals surface area contributed by atoms with Gasteiger partial charge in [0.1, 0.15) is 12.1 Å². The average Bonchev–Trinajstić information content (AvgIpc) is 3.01. The van der Waals surface area contributed by atoms with Gasteiger partial charge in [-0.15, -0.1) is 0 Å². The third-order valence-corrected chi connectivity index (χ3v) is 4.73. The number of nitrogens with zero attached hydrogens (tertiary/aromatic N) is 1. The number of amides is 2. The Labute approximate surface area is 125 Å². The summed E-state index contributed by atoms with van der Waals surface area (Å²) >= 11 is 0. The highest BCUT2D eigenvalue weighted by Crippen LogP contribution is 2.29. The van der Waals surface area contributed by atoms with Gasteiger partial charge in [0.25, 0.3) is 0 Å². The lowest BCUT2D eigenvalue weighted by atomic mass is 9.98. The first kappa shape index (κ1) is 14.1. The van der Waals surface area contributed by atoms with Crippen molar-refractivity contribution in [2.24, 2.45) is 5.92 Å². The van der Waals surface area contributed by atoms with Crippen LogP contribution in [0.2, 0.25) is 0 Å². The van der Waals surface area contributed by atoms with Crippen molar-refractivity contribution in [3.8, 4) is 0 Å². The molecule has 1 heterocycles. The maximum atomic E-state index is 12.8. The summed E-state index contributed by atoms with van der Waals surface area (Å²) in [5.41, 5.74) is 0.860. The fourth-order valence-electron chi connectivity index (χ4n) is 3.41. The van der Waals surface area contributed by atoms with Gasteiger partial charge in [0, 0.05) is 6.54 Å². The molecule has 2 aliphatic rings. The fraction of sp³-hybridized carbons (Fsp3) is 0.529. The second-order valence-corrected chi connectivity index (χ2v) is 6.17. The zero-order valence-electron chi connectivity index (χ0n) is 12.4. The van der Waals surface area contributed by atoms with Crippen LogP contribution in [0.1, 0.15) is 44.2 Å². The third kappa shape index (κ3) is 2.80. The number of carbonyl (C=O) groups is 2. The Hall–Kier alpha value is -1.84. The highest BCUT2D eigenvalue weighted by atomic mass is 16.2. The monoisotopic (exact) mass is 286 g/mol. The van der Waals surface area contributed by atoms with Crippen molar-refractivity contribution in [2.75, 3.05) is 6.54 Å². The molecule has 0 aromatic heterocycles. The molecule has 1 saturated heterocycles. The number of piperazine rings is 1. The van der Waals surface area contributed by atoms with E-state index < -0.39 is 6.04 Å². The second kappa shape index (κ2) is 5.88. The Balaban J connectivity index is 1.81. The van der Waals surface area contributed by atoms with E-state index in [4.69, 9.17) is 0 Å². The molecule has 4 nitrogen and oxygen atoms in total. The molecule has 2 amide bonds. The predicted octanol–water partition coefficient (Wildman–Crippen LogP) is 2.26. The van der Waals surface area contributed by atoms with Crippen molar-refractivity contribution in [1.82, 2.24) is 10.2 Å². The fourth-order valence-corrected chi connectivity index (χ4v) is 3.41. The molecule has 0 bridgehead atoms. The largest absolute Gasteiger partial charge is 0.339 e. The predicted molar refractivity (Wildman–Crippen MR) is 80.5 cm³/mol. The zero-order chi connectivity index (χ0) is 14.8. The number of rotatable bonds is 3. The highest BCUT2D eigenvalue weighted by Gasteiger charge is 2.39. The van der Waals surface area contributed by atoms with E-state index in [1.165, 1.54) is 25.7 Å². The summed E-state index contributed by atoms with van der Waals surface area (Å²) in [4.78, 5) is 26.8. The molecule has 112 valence electrons. The Bertz CT molecular complexity index is 523. The number of carbonyl (C=O) groups excluding carboxylic acids is 2. The van der Waals surface area contributed by atoms with E-state index in [9.17, 15) is 9.59 Å². The highest BCUT2D eigenvalue weighted by molar-refractivity contribution is 5.97. The first-order valence-corrected chi connectivity index (χ1v) is 7.82. The minimum atomic E-state index is -0.531. The summed E-state index contributed by atoms with van der Waals surface area (Å²) in [5, 5.41) is 2.86. The van der Waals surface area contributed by atoms with E-state index in [-0.39, 0.29) is 17.9 Å². The van der Waals surface area contributed by atoms with Gasteiger partial charge in [-0.2, -0.15) is 0 Å². The molecule has 1 N–H and O–H groups in total. The molecule has 1 aromatic rings. The molecule has 2 unspecified atom stereocenters. The van der Waals surface area contributed by atoms with E-state index >= 15 is 0 Å². The summed E-state index contributed by atoms with van der Waals surface area (Å²) in [6, 6.07) is 8.60. The first-order chi connectivity index (χ1) is 10.2. The van der Waals surface area contributed by atoms with Gasteiger partial charge in [0.2, 0.25) is 11.8 Å². The topological polar surface area (TPSA) is 49.4 Å². The van der Waals surface area contributed by atoms with E-state index in [0.29, 0.717) is 5.92 Å². The lowest BCUT2D eigenvalue weighted by Gasteiger charge is -2.38. The molecular formula is C17H22N2O2. The average molecular weight is 286 g/mol. The van der Waals surface area contributed by atoms with Crippen LogP contribution in [0.5, 0.6) is 0 Å². The Morgan fingerprint density at radius 1 is 1.14 bits per heavy atom. The summed E-state index contributed by atoms with van der Waals surface area (Å²) in [5.74, 6) is 0.528. The summed E-state index contributed by atoms with van der Waals surface area (Å²) in [6.45, 7) is 2.54. The molecule has 21 heavy (non-hydrogen) atoms. The van der Waals surface area contributed by atoms with Crippen molar-refractivity contribution in [3.05, 3.63) is 35.9 Å². The number of hydrogen-bond acceptors (Lipinski definition) is 2. The Morgan fingerprint density at radius 3 is 2.48 bits per heavy atom. The van der Waals surface area contributed by atoms with Crippen LogP contribution >= 0.6 is 0 Å².